The molecule has 27 heavy (non-hydrogen) atoms. The summed E-state index contributed by atoms with van der Waals surface area (Å²) in [5.41, 5.74) is 6.20. The third-order valence-corrected chi connectivity index (χ3v) is 5.30. The van der Waals surface area contributed by atoms with E-state index in [1.165, 1.54) is 0 Å². The van der Waals surface area contributed by atoms with Gasteiger partial charge in [-0.25, -0.2) is 9.78 Å². The zero-order chi connectivity index (χ0) is 19.0. The molecule has 1 unspecified atom stereocenters. The van der Waals surface area contributed by atoms with Gasteiger partial charge in [0.1, 0.15) is 5.82 Å². The number of urea groups is 1. The molecule has 4 heterocycles. The number of carbonyl (C=O) groups is 2. The molecule has 1 atom stereocenters. The second-order valence-corrected chi connectivity index (χ2v) is 6.95. The fourth-order valence-electron chi connectivity index (χ4n) is 4.07. The molecule has 140 valence electrons. The standard InChI is InChI=1S/C18H21N7O2/c1-11-9-14(22-16(19)21-11)25-7-4-12(5-8-25)18(13-3-2-6-20-10-13)15(26)23-17(27)24-18/h2-3,6,9-10,12H,4-5,7-8H2,1H3,(H2,19,21,22)(H2,23,24,26,27). The van der Waals surface area contributed by atoms with Gasteiger partial charge < -0.3 is 16.0 Å². The highest BCUT2D eigenvalue weighted by molar-refractivity contribution is 6.07. The normalized spacial score (nSPS) is 23.2. The first kappa shape index (κ1) is 17.2. The average Bonchev–Trinajstić information content (AvgIpc) is 2.97. The van der Waals surface area contributed by atoms with Crippen molar-refractivity contribution in [2.24, 2.45) is 5.92 Å². The van der Waals surface area contributed by atoms with Gasteiger partial charge in [-0.15, -0.1) is 0 Å². The molecule has 9 heteroatoms. The highest BCUT2D eigenvalue weighted by atomic mass is 16.2. The number of anilines is 2. The summed E-state index contributed by atoms with van der Waals surface area (Å²) in [6.07, 6.45) is 4.72. The maximum atomic E-state index is 12.8. The van der Waals surface area contributed by atoms with Gasteiger partial charge in [0.25, 0.3) is 5.91 Å². The van der Waals surface area contributed by atoms with Gasteiger partial charge in [-0.2, -0.15) is 4.98 Å². The Balaban J connectivity index is 1.60. The van der Waals surface area contributed by atoms with Crippen molar-refractivity contribution < 1.29 is 9.59 Å². The van der Waals surface area contributed by atoms with Crippen LogP contribution in [0.15, 0.2) is 30.6 Å². The molecule has 0 aromatic carbocycles. The molecule has 0 bridgehead atoms. The van der Waals surface area contributed by atoms with Crippen molar-refractivity contribution in [3.05, 3.63) is 41.9 Å². The fraction of sp³-hybridized carbons (Fsp3) is 0.389. The Morgan fingerprint density at radius 3 is 2.63 bits per heavy atom. The monoisotopic (exact) mass is 367 g/mol. The Morgan fingerprint density at radius 2 is 2.04 bits per heavy atom. The summed E-state index contributed by atoms with van der Waals surface area (Å²) in [5, 5.41) is 5.27. The van der Waals surface area contributed by atoms with Gasteiger partial charge in [0, 0.05) is 42.8 Å². The first-order chi connectivity index (χ1) is 13.0. The number of carbonyl (C=O) groups excluding carboxylic acids is 2. The van der Waals surface area contributed by atoms with Crippen LogP contribution in [-0.4, -0.2) is 40.0 Å². The van der Waals surface area contributed by atoms with E-state index in [1.807, 2.05) is 19.1 Å². The van der Waals surface area contributed by atoms with Gasteiger partial charge in [-0.05, 0) is 31.7 Å². The number of rotatable bonds is 3. The van der Waals surface area contributed by atoms with E-state index in [9.17, 15) is 9.59 Å². The maximum absolute atomic E-state index is 12.8. The van der Waals surface area contributed by atoms with Crippen molar-refractivity contribution in [1.29, 1.82) is 0 Å². The molecule has 2 aromatic heterocycles. The predicted molar refractivity (Wildman–Crippen MR) is 98.7 cm³/mol. The van der Waals surface area contributed by atoms with Gasteiger partial charge in [0.05, 0.1) is 0 Å². The summed E-state index contributed by atoms with van der Waals surface area (Å²) in [4.78, 5) is 39.4. The van der Waals surface area contributed by atoms with E-state index in [1.54, 1.807) is 18.5 Å². The zero-order valence-corrected chi connectivity index (χ0v) is 15.0. The van der Waals surface area contributed by atoms with Gasteiger partial charge in [-0.3, -0.25) is 15.1 Å². The Hall–Kier alpha value is -3.23. The number of nitrogens with one attached hydrogen (secondary N) is 2. The molecular weight excluding hydrogens is 346 g/mol. The van der Waals surface area contributed by atoms with Crippen LogP contribution in [0.25, 0.3) is 0 Å². The van der Waals surface area contributed by atoms with E-state index in [0.29, 0.717) is 31.5 Å². The van der Waals surface area contributed by atoms with Crippen LogP contribution in [0.1, 0.15) is 24.1 Å². The van der Waals surface area contributed by atoms with Crippen LogP contribution in [0, 0.1) is 12.8 Å². The number of hydrogen-bond acceptors (Lipinski definition) is 7. The second kappa shape index (κ2) is 6.49. The summed E-state index contributed by atoms with van der Waals surface area (Å²) >= 11 is 0. The van der Waals surface area contributed by atoms with Crippen molar-refractivity contribution in [2.45, 2.75) is 25.3 Å². The number of amides is 3. The molecule has 2 fully saturated rings. The lowest BCUT2D eigenvalue weighted by atomic mass is 9.73. The summed E-state index contributed by atoms with van der Waals surface area (Å²) < 4.78 is 0. The second-order valence-electron chi connectivity index (χ2n) is 6.95. The Kier molecular flexibility index (Phi) is 4.14. The van der Waals surface area contributed by atoms with Gasteiger partial charge >= 0.3 is 6.03 Å². The highest BCUT2D eigenvalue weighted by Gasteiger charge is 2.53. The summed E-state index contributed by atoms with van der Waals surface area (Å²) in [5.74, 6) is 0.668. The molecule has 2 aromatic rings. The number of nitrogen functional groups attached to an aromatic ring is 1. The molecular formula is C18H21N7O2. The Labute approximate surface area is 156 Å². The van der Waals surface area contributed by atoms with Gasteiger partial charge in [-0.1, -0.05) is 6.07 Å². The van der Waals surface area contributed by atoms with Gasteiger partial charge in [0.15, 0.2) is 5.54 Å². The van der Waals surface area contributed by atoms with E-state index in [0.717, 1.165) is 11.5 Å². The van der Waals surface area contributed by atoms with E-state index >= 15 is 0 Å². The lowest BCUT2D eigenvalue weighted by molar-refractivity contribution is -0.126. The third kappa shape index (κ3) is 2.94. The van der Waals surface area contributed by atoms with Crippen molar-refractivity contribution in [2.75, 3.05) is 23.7 Å². The van der Waals surface area contributed by atoms with Gasteiger partial charge in [0.2, 0.25) is 5.95 Å². The zero-order valence-electron chi connectivity index (χ0n) is 15.0. The van der Waals surface area contributed by atoms with Crippen molar-refractivity contribution in [3.8, 4) is 0 Å². The molecule has 9 nitrogen and oxygen atoms in total. The quantitative estimate of drug-likeness (QED) is 0.682. The smallest absolute Gasteiger partial charge is 0.322 e. The number of aromatic nitrogens is 3. The van der Waals surface area contributed by atoms with Crippen LogP contribution in [-0.2, 0) is 10.3 Å². The van der Waals surface area contributed by atoms with Crippen molar-refractivity contribution in [3.63, 3.8) is 0 Å². The summed E-state index contributed by atoms with van der Waals surface area (Å²) in [6, 6.07) is 5.04. The number of nitrogens with two attached hydrogens (primary N) is 1. The molecule has 2 aliphatic heterocycles. The minimum atomic E-state index is -1.09. The number of piperidine rings is 1. The topological polar surface area (TPSA) is 126 Å². The average molecular weight is 367 g/mol. The minimum absolute atomic E-state index is 0.0512. The number of hydrogen-bond donors (Lipinski definition) is 3. The predicted octanol–water partition coefficient (Wildman–Crippen LogP) is 0.714. The molecule has 4 rings (SSSR count). The molecule has 4 N–H and O–H groups in total. The largest absolute Gasteiger partial charge is 0.368 e. The number of pyridine rings is 1. The van der Waals surface area contributed by atoms with Crippen molar-refractivity contribution in [1.82, 2.24) is 25.6 Å². The van der Waals surface area contributed by atoms with E-state index in [2.05, 4.69) is 30.5 Å². The Bertz CT molecular complexity index is 860. The van der Waals surface area contributed by atoms with Crippen LogP contribution in [0.2, 0.25) is 0 Å². The number of nitrogens with zero attached hydrogens (tertiary/aromatic N) is 4. The molecule has 0 aliphatic carbocycles. The van der Waals surface area contributed by atoms with Crippen LogP contribution < -0.4 is 21.3 Å². The van der Waals surface area contributed by atoms with E-state index in [4.69, 9.17) is 5.73 Å². The molecule has 2 saturated heterocycles. The molecule has 3 amide bonds. The molecule has 0 spiro atoms. The van der Waals surface area contributed by atoms with Crippen LogP contribution in [0.3, 0.4) is 0 Å². The first-order valence-corrected chi connectivity index (χ1v) is 8.89. The lowest BCUT2D eigenvalue weighted by Crippen LogP contribution is -2.53. The maximum Gasteiger partial charge on any atom is 0.322 e. The third-order valence-electron chi connectivity index (χ3n) is 5.30. The lowest BCUT2D eigenvalue weighted by Gasteiger charge is -2.41. The first-order valence-electron chi connectivity index (χ1n) is 8.89. The molecule has 0 saturated carbocycles. The molecule has 0 radical (unpaired) electrons. The highest BCUT2D eigenvalue weighted by Crippen LogP contribution is 2.39. The fourth-order valence-corrected chi connectivity index (χ4v) is 4.07. The van der Waals surface area contributed by atoms with Crippen molar-refractivity contribution >= 4 is 23.7 Å². The Morgan fingerprint density at radius 1 is 1.26 bits per heavy atom. The number of aryl methyl sites for hydroxylation is 1. The van der Waals surface area contributed by atoms with E-state index < -0.39 is 11.6 Å². The molecule has 2 aliphatic rings. The van der Waals surface area contributed by atoms with Crippen LogP contribution in [0.4, 0.5) is 16.6 Å². The minimum Gasteiger partial charge on any atom is -0.368 e. The SMILES string of the molecule is Cc1cc(N2CCC(C3(c4cccnc4)NC(=O)NC3=O)CC2)nc(N)n1. The van der Waals surface area contributed by atoms with E-state index in [-0.39, 0.29) is 17.8 Å². The summed E-state index contributed by atoms with van der Waals surface area (Å²) in [7, 11) is 0. The van der Waals surface area contributed by atoms with Crippen LogP contribution in [0.5, 0.6) is 0 Å². The summed E-state index contributed by atoms with van der Waals surface area (Å²) in [6.45, 7) is 3.28. The number of imide groups is 1. The van der Waals surface area contributed by atoms with Crippen LogP contribution >= 0.6 is 0 Å².